The number of primary amides is 1. The first-order chi connectivity index (χ1) is 9.70. The number of halogens is 3. The van der Waals surface area contributed by atoms with Gasteiger partial charge in [-0.25, -0.2) is 0 Å². The van der Waals surface area contributed by atoms with Crippen molar-refractivity contribution in [3.05, 3.63) is 12.0 Å². The third kappa shape index (κ3) is 5.69. The summed E-state index contributed by atoms with van der Waals surface area (Å²) in [4.78, 5) is 17.2. The third-order valence-electron chi connectivity index (χ3n) is 2.15. The smallest absolute Gasteiger partial charge is 0.364 e. The summed E-state index contributed by atoms with van der Waals surface area (Å²) in [6.07, 6.45) is -2.46. The lowest BCUT2D eigenvalue weighted by Gasteiger charge is -2.05. The van der Waals surface area contributed by atoms with Crippen molar-refractivity contribution in [1.82, 2.24) is 9.97 Å². The Morgan fingerprint density at radius 1 is 1.62 bits per heavy atom. The zero-order chi connectivity index (χ0) is 16.0. The zero-order valence-electron chi connectivity index (χ0n) is 11.3. The summed E-state index contributed by atoms with van der Waals surface area (Å²) in [5.74, 6) is -0.833. The summed E-state index contributed by atoms with van der Waals surface area (Å²) in [6.45, 7) is 2.65. The van der Waals surface area contributed by atoms with Crippen LogP contribution in [-0.2, 0) is 4.74 Å². The first-order valence-electron chi connectivity index (χ1n) is 5.78. The van der Waals surface area contributed by atoms with E-state index in [2.05, 4.69) is 25.0 Å². The average Bonchev–Trinajstić information content (AvgIpc) is 2.79. The highest BCUT2D eigenvalue weighted by molar-refractivity contribution is 5.94. The summed E-state index contributed by atoms with van der Waals surface area (Å²) < 4.78 is 40.4. The monoisotopic (exact) mass is 307 g/mol. The van der Waals surface area contributed by atoms with Gasteiger partial charge < -0.3 is 10.7 Å². The van der Waals surface area contributed by atoms with Crippen LogP contribution in [0.2, 0.25) is 0 Å². The molecule has 1 heterocycles. The number of nitrogens with one attached hydrogen (secondary N) is 1. The zero-order valence-corrected chi connectivity index (χ0v) is 11.3. The number of aromatic nitrogens is 2. The Balaban J connectivity index is 2.83. The van der Waals surface area contributed by atoms with Crippen LogP contribution in [0.4, 0.5) is 19.0 Å². The molecule has 0 bridgehead atoms. The highest BCUT2D eigenvalue weighted by Gasteiger charge is 2.28. The minimum atomic E-state index is -4.72. The minimum absolute atomic E-state index is 0.0472. The van der Waals surface area contributed by atoms with Crippen molar-refractivity contribution in [3.8, 4) is 0 Å². The molecule has 0 spiro atoms. The van der Waals surface area contributed by atoms with E-state index in [0.29, 0.717) is 0 Å². The van der Waals surface area contributed by atoms with Gasteiger partial charge in [-0.05, 0) is 13.8 Å². The quantitative estimate of drug-likeness (QED) is 0.360. The Labute approximate surface area is 117 Å². The number of nitrogens with two attached hydrogens (primary N) is 1. The van der Waals surface area contributed by atoms with Gasteiger partial charge in [0, 0.05) is 0 Å². The highest BCUT2D eigenvalue weighted by Crippen LogP contribution is 2.15. The van der Waals surface area contributed by atoms with Crippen LogP contribution in [0.25, 0.3) is 0 Å². The van der Waals surface area contributed by atoms with Crippen LogP contribution in [-0.4, -0.2) is 45.8 Å². The Morgan fingerprint density at radius 3 is 2.81 bits per heavy atom. The van der Waals surface area contributed by atoms with Crippen LogP contribution in [0.5, 0.6) is 0 Å². The molecule has 0 radical (unpaired) electrons. The largest absolute Gasteiger partial charge is 0.522 e. The minimum Gasteiger partial charge on any atom is -0.364 e. The molecule has 0 aliphatic heterocycles. The first-order valence-corrected chi connectivity index (χ1v) is 5.78. The maximum absolute atomic E-state index is 11.9. The number of rotatable bonds is 6. The van der Waals surface area contributed by atoms with Gasteiger partial charge in [0.25, 0.3) is 5.91 Å². The maximum atomic E-state index is 11.9. The number of H-pyrrole nitrogens is 1. The van der Waals surface area contributed by atoms with Crippen molar-refractivity contribution in [2.24, 2.45) is 16.1 Å². The maximum Gasteiger partial charge on any atom is 0.522 e. The van der Waals surface area contributed by atoms with Crippen LogP contribution in [0, 0.1) is 0 Å². The molecular formula is C10H14F3N6O2+. The van der Waals surface area contributed by atoms with Gasteiger partial charge in [-0.1, -0.05) is 0 Å². The Kier molecular flexibility index (Phi) is 5.52. The van der Waals surface area contributed by atoms with Crippen molar-refractivity contribution in [2.45, 2.75) is 26.3 Å². The van der Waals surface area contributed by atoms with E-state index in [1.54, 1.807) is 13.8 Å². The molecule has 0 saturated heterocycles. The summed E-state index contributed by atoms with van der Waals surface area (Å²) in [6, 6.07) is -0.276. The molecule has 1 aromatic rings. The van der Waals surface area contributed by atoms with Gasteiger partial charge in [-0.15, -0.1) is 17.9 Å². The van der Waals surface area contributed by atoms with Crippen molar-refractivity contribution in [2.75, 3.05) is 6.61 Å². The number of carbonyl (C=O) groups excluding carboxylic acids is 1. The number of aromatic amines is 1. The summed E-state index contributed by atoms with van der Waals surface area (Å²) in [7, 11) is 0. The molecule has 1 rings (SSSR count). The Morgan fingerprint density at radius 2 is 2.29 bits per heavy atom. The molecule has 0 saturated carbocycles. The molecule has 0 aromatic carbocycles. The normalized spacial score (nSPS) is 13.3. The lowest BCUT2D eigenvalue weighted by Crippen LogP contribution is -2.21. The molecule has 1 amide bonds. The van der Waals surface area contributed by atoms with E-state index >= 15 is 0 Å². The van der Waals surface area contributed by atoms with Crippen molar-refractivity contribution in [1.29, 1.82) is 0 Å². The van der Waals surface area contributed by atoms with Crippen LogP contribution in [0.15, 0.2) is 16.7 Å². The highest BCUT2D eigenvalue weighted by atomic mass is 19.4. The van der Waals surface area contributed by atoms with Crippen LogP contribution >= 0.6 is 0 Å². The molecule has 8 nitrogen and oxygen atoms in total. The van der Waals surface area contributed by atoms with Gasteiger partial charge in [0.2, 0.25) is 0 Å². The Hall–Kier alpha value is -2.30. The molecule has 11 heteroatoms. The van der Waals surface area contributed by atoms with E-state index in [-0.39, 0.29) is 17.6 Å². The lowest BCUT2D eigenvalue weighted by atomic mass is 10.4. The predicted octanol–water partition coefficient (Wildman–Crippen LogP) is 1.54. The fraction of sp³-hybridized carbons (Fsp3) is 0.500. The SMILES string of the molecule is CC(C)[N+](=C/COC(F)(F)F)/N=N/c1nc[nH]c1C(N)=O. The standard InChI is InChI=1S/C10H13F3N6O2/c1-6(2)19(3-4-21-10(11,12)13)18-17-9-7(8(14)20)15-5-16-9/h3,5-6H,4H2,1-2H3,(H2-,14,15,16,18,20)/p+1/b19-3-. The third-order valence-corrected chi connectivity index (χ3v) is 2.15. The van der Waals surface area contributed by atoms with E-state index < -0.39 is 18.9 Å². The van der Waals surface area contributed by atoms with Crippen molar-refractivity contribution < 1.29 is 27.4 Å². The summed E-state index contributed by atoms with van der Waals surface area (Å²) in [5, 5.41) is 7.36. The molecule has 1 aromatic heterocycles. The number of alkyl halides is 3. The molecule has 0 aliphatic rings. The fourth-order valence-electron chi connectivity index (χ4n) is 1.20. The Bertz CT molecular complexity index is 549. The molecule has 3 N–H and O–H groups in total. The average molecular weight is 307 g/mol. The number of imidazole rings is 1. The van der Waals surface area contributed by atoms with E-state index in [0.717, 1.165) is 10.9 Å². The van der Waals surface area contributed by atoms with Gasteiger partial charge in [0.15, 0.2) is 5.69 Å². The second kappa shape index (κ2) is 6.92. The number of carbonyl (C=O) groups is 1. The van der Waals surface area contributed by atoms with Gasteiger partial charge in [0.05, 0.1) is 11.4 Å². The number of ether oxygens (including phenoxy) is 1. The lowest BCUT2D eigenvalue weighted by molar-refractivity contribution is -0.569. The van der Waals surface area contributed by atoms with Gasteiger partial charge in [-0.2, -0.15) is 4.98 Å². The molecule has 0 fully saturated rings. The van der Waals surface area contributed by atoms with E-state index in [4.69, 9.17) is 5.73 Å². The van der Waals surface area contributed by atoms with E-state index in [9.17, 15) is 18.0 Å². The molecule has 0 atom stereocenters. The number of nitrogens with zero attached hydrogens (tertiary/aromatic N) is 4. The molecule has 21 heavy (non-hydrogen) atoms. The fourth-order valence-corrected chi connectivity index (χ4v) is 1.20. The first kappa shape index (κ1) is 16.8. The van der Waals surface area contributed by atoms with Gasteiger partial charge in [-0.3, -0.25) is 9.53 Å². The molecule has 0 unspecified atom stereocenters. The number of hydrogen-bond donors (Lipinski definition) is 2. The molecular weight excluding hydrogens is 293 g/mol. The number of amides is 1. The van der Waals surface area contributed by atoms with E-state index in [1.807, 2.05) is 0 Å². The topological polar surface area (TPSA) is 109 Å². The second-order valence-electron chi connectivity index (χ2n) is 4.07. The molecule has 0 aliphatic carbocycles. The predicted molar refractivity (Wildman–Crippen MR) is 65.1 cm³/mol. The summed E-state index contributed by atoms with van der Waals surface area (Å²) >= 11 is 0. The van der Waals surface area contributed by atoms with Crippen LogP contribution in [0.3, 0.4) is 0 Å². The molecule has 116 valence electrons. The van der Waals surface area contributed by atoms with Crippen LogP contribution in [0.1, 0.15) is 24.3 Å². The summed E-state index contributed by atoms with van der Waals surface area (Å²) in [5.41, 5.74) is 5.03. The van der Waals surface area contributed by atoms with E-state index in [1.165, 1.54) is 6.33 Å². The number of hydrogen-bond acceptors (Lipinski definition) is 5. The van der Waals surface area contributed by atoms with Crippen LogP contribution < -0.4 is 5.73 Å². The van der Waals surface area contributed by atoms with Crippen molar-refractivity contribution in [3.63, 3.8) is 0 Å². The van der Waals surface area contributed by atoms with Gasteiger partial charge in [0.1, 0.15) is 24.1 Å². The van der Waals surface area contributed by atoms with Crippen molar-refractivity contribution >= 4 is 17.9 Å². The van der Waals surface area contributed by atoms with Gasteiger partial charge >= 0.3 is 12.2 Å². The second-order valence-corrected chi connectivity index (χ2v) is 4.07.